The molecule has 360 valence electrons. The number of hydrogen-bond acceptors (Lipinski definition) is 11. The Kier molecular flexibility index (Phi) is 15.0. The van der Waals surface area contributed by atoms with E-state index in [1.807, 2.05) is 60.7 Å². The predicted octanol–water partition coefficient (Wildman–Crippen LogP) is 8.68. The minimum Gasteiger partial charge on any atom is -0.394 e. The van der Waals surface area contributed by atoms with Crippen LogP contribution in [0.2, 0.25) is 0 Å². The van der Waals surface area contributed by atoms with Gasteiger partial charge in [-0.3, -0.25) is 0 Å². The quantitative estimate of drug-likeness (QED) is 0.0612. The first kappa shape index (κ1) is 47.8. The number of benzene rings is 8. The summed E-state index contributed by atoms with van der Waals surface area (Å²) in [6.07, 6.45) is -9.42. The van der Waals surface area contributed by atoms with E-state index in [-0.39, 0.29) is 33.0 Å². The standard InChI is InChI=1S/C59H59NO10/c1-2-27-64-56-54(66-34-38-20-24-42-12-4-8-16-46(42)29-38)53(65-33-37-19-23-41-11-3-7-15-45(41)28-37)55(67-35-39-21-25-43-13-5-9-17-47(43)30-39)57(68-36-40-22-26-44-14-6-10-18-48(44)31-40)58(56)70-59-50(60)52(63)51(62)49(32-61)69-59/h2-26,28-31,49-59,61-63H,1,27,32-36,60H2/t49-,50-,51-,52-,53+,54-,55-,56-,57+,58+,59-/m1/s1. The van der Waals surface area contributed by atoms with E-state index in [1.165, 1.54) is 0 Å². The number of nitrogens with two attached hydrogens (primary N) is 1. The van der Waals surface area contributed by atoms with Crippen molar-refractivity contribution in [2.24, 2.45) is 5.73 Å². The van der Waals surface area contributed by atoms with Gasteiger partial charge in [0.2, 0.25) is 0 Å². The Morgan fingerprint density at radius 2 is 0.771 bits per heavy atom. The molecule has 1 aliphatic heterocycles. The normalized spacial score (nSPS) is 26.0. The van der Waals surface area contributed by atoms with Gasteiger partial charge >= 0.3 is 0 Å². The van der Waals surface area contributed by atoms with Crippen LogP contribution in [-0.4, -0.2) is 95.8 Å². The summed E-state index contributed by atoms with van der Waals surface area (Å²) in [6.45, 7) is 4.16. The highest BCUT2D eigenvalue weighted by Gasteiger charge is 2.57. The number of rotatable bonds is 18. The van der Waals surface area contributed by atoms with Crippen LogP contribution in [0.15, 0.2) is 183 Å². The van der Waals surface area contributed by atoms with Crippen LogP contribution >= 0.6 is 0 Å². The Labute approximate surface area is 407 Å². The maximum Gasteiger partial charge on any atom is 0.176 e. The lowest BCUT2D eigenvalue weighted by atomic mass is 9.83. The summed E-state index contributed by atoms with van der Waals surface area (Å²) in [6, 6.07) is 56.4. The van der Waals surface area contributed by atoms with Crippen molar-refractivity contribution >= 4 is 43.1 Å². The van der Waals surface area contributed by atoms with E-state index in [4.69, 9.17) is 38.9 Å². The number of aliphatic hydroxyl groups excluding tert-OH is 3. The summed E-state index contributed by atoms with van der Waals surface area (Å²) in [5.41, 5.74) is 10.3. The van der Waals surface area contributed by atoms with Crippen molar-refractivity contribution in [3.8, 4) is 0 Å². The van der Waals surface area contributed by atoms with Crippen molar-refractivity contribution in [3.63, 3.8) is 0 Å². The van der Waals surface area contributed by atoms with Crippen molar-refractivity contribution in [2.75, 3.05) is 13.2 Å². The number of hydrogen-bond donors (Lipinski definition) is 4. The molecule has 11 nitrogen and oxygen atoms in total. The molecule has 1 saturated carbocycles. The van der Waals surface area contributed by atoms with E-state index < -0.39 is 73.9 Å². The van der Waals surface area contributed by atoms with Crippen molar-refractivity contribution in [3.05, 3.63) is 205 Å². The third-order valence-electron chi connectivity index (χ3n) is 13.6. The minimum absolute atomic E-state index is 0.0932. The summed E-state index contributed by atoms with van der Waals surface area (Å²) in [5.74, 6) is 0. The molecule has 10 rings (SSSR count). The topological polar surface area (TPSA) is 151 Å². The van der Waals surface area contributed by atoms with Gasteiger partial charge in [-0.15, -0.1) is 6.58 Å². The molecule has 1 saturated heterocycles. The zero-order valence-corrected chi connectivity index (χ0v) is 38.8. The van der Waals surface area contributed by atoms with Crippen LogP contribution in [-0.2, 0) is 59.6 Å². The van der Waals surface area contributed by atoms with Crippen LogP contribution < -0.4 is 5.73 Å². The Hall–Kier alpha value is -5.90. The van der Waals surface area contributed by atoms with Gasteiger partial charge in [-0.1, -0.05) is 152 Å². The van der Waals surface area contributed by atoms with Crippen LogP contribution in [0.4, 0.5) is 0 Å². The van der Waals surface area contributed by atoms with E-state index in [2.05, 4.69) is 116 Å². The predicted molar refractivity (Wildman–Crippen MR) is 271 cm³/mol. The summed E-state index contributed by atoms with van der Waals surface area (Å²) < 4.78 is 48.6. The smallest absolute Gasteiger partial charge is 0.176 e. The molecule has 8 aromatic carbocycles. The minimum atomic E-state index is -1.48. The molecule has 1 aliphatic carbocycles. The molecule has 0 aromatic heterocycles. The molecule has 8 aromatic rings. The molecule has 11 atom stereocenters. The van der Waals surface area contributed by atoms with Gasteiger partial charge < -0.3 is 54.2 Å². The summed E-state index contributed by atoms with van der Waals surface area (Å²) in [5, 5.41) is 41.1. The molecule has 5 N–H and O–H groups in total. The summed E-state index contributed by atoms with van der Waals surface area (Å²) in [4.78, 5) is 0. The fourth-order valence-corrected chi connectivity index (χ4v) is 9.87. The monoisotopic (exact) mass is 941 g/mol. The van der Waals surface area contributed by atoms with Crippen LogP contribution in [0.1, 0.15) is 22.3 Å². The van der Waals surface area contributed by atoms with Crippen molar-refractivity contribution in [1.82, 2.24) is 0 Å². The highest BCUT2D eigenvalue weighted by molar-refractivity contribution is 5.85. The first-order valence-corrected chi connectivity index (χ1v) is 24.0. The summed E-state index contributed by atoms with van der Waals surface area (Å²) >= 11 is 0. The van der Waals surface area contributed by atoms with Crippen LogP contribution in [0.3, 0.4) is 0 Å². The first-order valence-electron chi connectivity index (χ1n) is 24.0. The molecule has 0 bridgehead atoms. The molecule has 2 aliphatic rings. The van der Waals surface area contributed by atoms with Crippen LogP contribution in [0.5, 0.6) is 0 Å². The van der Waals surface area contributed by atoms with Gasteiger partial charge in [-0.05, 0) is 89.6 Å². The molecule has 1 heterocycles. The Balaban J connectivity index is 1.09. The Morgan fingerprint density at radius 1 is 0.443 bits per heavy atom. The largest absolute Gasteiger partial charge is 0.394 e. The second-order valence-corrected chi connectivity index (χ2v) is 18.3. The molecule has 0 unspecified atom stereocenters. The Morgan fingerprint density at radius 3 is 1.11 bits per heavy atom. The highest BCUT2D eigenvalue weighted by Crippen LogP contribution is 2.38. The fourth-order valence-electron chi connectivity index (χ4n) is 9.87. The maximum absolute atomic E-state index is 11.2. The van der Waals surface area contributed by atoms with Crippen molar-refractivity contribution < 1.29 is 48.5 Å². The molecule has 0 spiro atoms. The maximum atomic E-state index is 11.2. The SMILES string of the molecule is C=CCO[C@@H]1[C@H](OCc2ccc3ccccc3c2)[C@H](OCc2ccc3ccccc3c2)[C@@H](OCc2ccc3ccccc3c2)[C@H](OCc2ccc3ccccc3c2)[C@H]1O[C@H]1O[C@H](CO)[C@@H](O)[C@H](O)[C@H]1N. The van der Waals surface area contributed by atoms with E-state index in [0.717, 1.165) is 65.3 Å². The molecule has 0 amide bonds. The van der Waals surface area contributed by atoms with Crippen molar-refractivity contribution in [2.45, 2.75) is 93.7 Å². The zero-order valence-electron chi connectivity index (χ0n) is 38.8. The number of fused-ring (bicyclic) bond motifs is 4. The lowest BCUT2D eigenvalue weighted by molar-refractivity contribution is -0.335. The van der Waals surface area contributed by atoms with Gasteiger partial charge in [0.1, 0.15) is 54.9 Å². The lowest BCUT2D eigenvalue weighted by Crippen LogP contribution is -2.70. The first-order chi connectivity index (χ1) is 34.3. The second kappa shape index (κ2) is 22.0. The zero-order chi connectivity index (χ0) is 48.0. The van der Waals surface area contributed by atoms with Crippen LogP contribution in [0, 0.1) is 0 Å². The average molecular weight is 942 g/mol. The molecular formula is C59H59NO10. The highest BCUT2D eigenvalue weighted by atomic mass is 16.7. The van der Waals surface area contributed by atoms with E-state index in [0.29, 0.717) is 0 Å². The van der Waals surface area contributed by atoms with Gasteiger partial charge in [0.25, 0.3) is 0 Å². The van der Waals surface area contributed by atoms with Crippen molar-refractivity contribution in [1.29, 1.82) is 0 Å². The molecule has 2 fully saturated rings. The molecule has 0 radical (unpaired) electrons. The number of aliphatic hydroxyl groups is 3. The average Bonchev–Trinajstić information content (AvgIpc) is 3.40. The van der Waals surface area contributed by atoms with E-state index in [9.17, 15) is 15.3 Å². The fraction of sp³-hybridized carbons (Fsp3) is 0.288. The van der Waals surface area contributed by atoms with E-state index in [1.54, 1.807) is 6.08 Å². The third-order valence-corrected chi connectivity index (χ3v) is 13.6. The van der Waals surface area contributed by atoms with Gasteiger partial charge in [-0.2, -0.15) is 0 Å². The van der Waals surface area contributed by atoms with E-state index >= 15 is 0 Å². The molecular weight excluding hydrogens is 883 g/mol. The van der Waals surface area contributed by atoms with Gasteiger partial charge in [-0.25, -0.2) is 0 Å². The van der Waals surface area contributed by atoms with Crippen LogP contribution in [0.25, 0.3) is 43.1 Å². The van der Waals surface area contributed by atoms with Gasteiger partial charge in [0.05, 0.1) is 45.7 Å². The van der Waals surface area contributed by atoms with Gasteiger partial charge in [0.15, 0.2) is 6.29 Å². The van der Waals surface area contributed by atoms with Gasteiger partial charge in [0, 0.05) is 0 Å². The molecule has 70 heavy (non-hydrogen) atoms. The number of ether oxygens (including phenoxy) is 7. The third kappa shape index (κ3) is 10.6. The molecule has 11 heteroatoms. The Bertz CT molecular complexity index is 3030. The summed E-state index contributed by atoms with van der Waals surface area (Å²) in [7, 11) is 0. The lowest BCUT2D eigenvalue weighted by Gasteiger charge is -2.51. The second-order valence-electron chi connectivity index (χ2n) is 18.3.